The topological polar surface area (TPSA) is 106 Å². The van der Waals surface area contributed by atoms with Gasteiger partial charge in [-0.3, -0.25) is 14.4 Å². The lowest BCUT2D eigenvalue weighted by atomic mass is 10.1. The zero-order chi connectivity index (χ0) is 21.8. The van der Waals surface area contributed by atoms with Gasteiger partial charge in [-0.25, -0.2) is 0 Å². The third kappa shape index (κ3) is 4.59. The lowest BCUT2D eigenvalue weighted by molar-refractivity contribution is -0.147. The molecule has 0 radical (unpaired) electrons. The smallest absolute Gasteiger partial charge is 0.312 e. The van der Waals surface area contributed by atoms with Gasteiger partial charge >= 0.3 is 11.8 Å². The van der Waals surface area contributed by atoms with Crippen molar-refractivity contribution in [3.63, 3.8) is 0 Å². The minimum atomic E-state index is -0.885. The number of H-pyrrole nitrogens is 1. The molecule has 4 rings (SSSR count). The Balaban J connectivity index is 1.28. The van der Waals surface area contributed by atoms with Crippen LogP contribution >= 0.6 is 0 Å². The molecule has 160 valence electrons. The second-order valence-corrected chi connectivity index (χ2v) is 7.49. The van der Waals surface area contributed by atoms with Crippen molar-refractivity contribution in [3.8, 4) is 0 Å². The van der Waals surface area contributed by atoms with Crippen molar-refractivity contribution < 1.29 is 19.5 Å². The highest BCUT2D eigenvalue weighted by Crippen LogP contribution is 2.17. The number of nitrogens with one attached hydrogen (secondary N) is 2. The molecular formula is C23H24N4O4. The number of aromatic nitrogens is 1. The van der Waals surface area contributed by atoms with Crippen LogP contribution in [-0.2, 0) is 9.59 Å². The molecule has 8 heteroatoms. The number of rotatable bonds is 4. The third-order valence-corrected chi connectivity index (χ3v) is 5.45. The molecule has 3 N–H and O–H groups in total. The minimum Gasteiger partial charge on any atom is -0.387 e. The average molecular weight is 420 g/mol. The van der Waals surface area contributed by atoms with E-state index >= 15 is 0 Å². The van der Waals surface area contributed by atoms with E-state index in [4.69, 9.17) is 0 Å². The maximum atomic E-state index is 12.8. The first-order valence-electron chi connectivity index (χ1n) is 10.2. The standard InChI is InChI=1S/C23H24N4O4/c28-20(16-6-2-1-3-7-16)15-24-21(29)23(31)27-12-10-26(11-13-27)22(30)19-14-17-8-4-5-9-18(17)25-19/h1-9,14,20,25,28H,10-13,15H2,(H,24,29)/t20-/m0/s1. The molecule has 1 aliphatic heterocycles. The molecule has 0 bridgehead atoms. The quantitative estimate of drug-likeness (QED) is 0.553. The predicted octanol–water partition coefficient (Wildman–Crippen LogP) is 1.30. The van der Waals surface area contributed by atoms with E-state index in [1.54, 1.807) is 29.2 Å². The van der Waals surface area contributed by atoms with Gasteiger partial charge in [0.15, 0.2) is 0 Å². The number of aliphatic hydroxyl groups excluding tert-OH is 1. The van der Waals surface area contributed by atoms with Crippen LogP contribution in [0.2, 0.25) is 0 Å². The summed E-state index contributed by atoms with van der Waals surface area (Å²) >= 11 is 0. The number of piperazine rings is 1. The van der Waals surface area contributed by atoms with Crippen LogP contribution in [0.3, 0.4) is 0 Å². The summed E-state index contributed by atoms with van der Waals surface area (Å²) in [4.78, 5) is 43.7. The number of nitrogens with zero attached hydrogens (tertiary/aromatic N) is 2. The number of para-hydroxylation sites is 1. The summed E-state index contributed by atoms with van der Waals surface area (Å²) < 4.78 is 0. The van der Waals surface area contributed by atoms with E-state index in [1.165, 1.54) is 4.90 Å². The van der Waals surface area contributed by atoms with Crippen molar-refractivity contribution >= 4 is 28.6 Å². The van der Waals surface area contributed by atoms with Crippen LogP contribution in [-0.4, -0.2) is 70.3 Å². The molecule has 0 unspecified atom stereocenters. The Hall–Kier alpha value is -3.65. The molecule has 2 aromatic carbocycles. The molecule has 1 fully saturated rings. The number of aliphatic hydroxyl groups is 1. The van der Waals surface area contributed by atoms with Crippen LogP contribution in [0.4, 0.5) is 0 Å². The lowest BCUT2D eigenvalue weighted by Crippen LogP contribution is -2.54. The van der Waals surface area contributed by atoms with Crippen molar-refractivity contribution in [2.45, 2.75) is 6.10 Å². The fourth-order valence-electron chi connectivity index (χ4n) is 3.67. The van der Waals surface area contributed by atoms with E-state index in [0.29, 0.717) is 24.3 Å². The maximum absolute atomic E-state index is 12.8. The van der Waals surface area contributed by atoms with E-state index < -0.39 is 17.9 Å². The van der Waals surface area contributed by atoms with Gasteiger partial charge in [-0.1, -0.05) is 48.5 Å². The highest BCUT2D eigenvalue weighted by Gasteiger charge is 2.29. The van der Waals surface area contributed by atoms with Crippen molar-refractivity contribution in [2.75, 3.05) is 32.7 Å². The Morgan fingerprint density at radius 2 is 1.58 bits per heavy atom. The second kappa shape index (κ2) is 9.01. The van der Waals surface area contributed by atoms with Crippen LogP contribution in [0.15, 0.2) is 60.7 Å². The Morgan fingerprint density at radius 1 is 0.935 bits per heavy atom. The van der Waals surface area contributed by atoms with Crippen LogP contribution in [0, 0.1) is 0 Å². The molecule has 1 aromatic heterocycles. The van der Waals surface area contributed by atoms with Crippen molar-refractivity contribution in [1.82, 2.24) is 20.1 Å². The summed E-state index contributed by atoms with van der Waals surface area (Å²) in [6.07, 6.45) is -0.885. The van der Waals surface area contributed by atoms with Gasteiger partial charge in [-0.05, 0) is 17.7 Å². The summed E-state index contributed by atoms with van der Waals surface area (Å²) in [5.74, 6) is -1.54. The molecule has 3 amide bonds. The van der Waals surface area contributed by atoms with Crippen LogP contribution < -0.4 is 5.32 Å². The van der Waals surface area contributed by atoms with Gasteiger partial charge in [0.25, 0.3) is 5.91 Å². The molecule has 1 saturated heterocycles. The average Bonchev–Trinajstić information content (AvgIpc) is 3.26. The highest BCUT2D eigenvalue weighted by atomic mass is 16.3. The highest BCUT2D eigenvalue weighted by molar-refractivity contribution is 6.35. The first-order chi connectivity index (χ1) is 15.0. The van der Waals surface area contributed by atoms with E-state index in [-0.39, 0.29) is 25.5 Å². The molecule has 1 atom stereocenters. The first kappa shape index (κ1) is 20.6. The van der Waals surface area contributed by atoms with E-state index in [0.717, 1.165) is 10.9 Å². The molecule has 0 spiro atoms. The van der Waals surface area contributed by atoms with Gasteiger partial charge in [-0.2, -0.15) is 0 Å². The molecular weight excluding hydrogens is 396 g/mol. The Morgan fingerprint density at radius 3 is 2.29 bits per heavy atom. The van der Waals surface area contributed by atoms with Crippen LogP contribution in [0.25, 0.3) is 10.9 Å². The SMILES string of the molecule is O=C(NC[C@H](O)c1ccccc1)C(=O)N1CCN(C(=O)c2cc3ccccc3[nH]2)CC1. The van der Waals surface area contributed by atoms with E-state index in [1.807, 2.05) is 36.4 Å². The van der Waals surface area contributed by atoms with E-state index in [2.05, 4.69) is 10.3 Å². The summed E-state index contributed by atoms with van der Waals surface area (Å²) in [5, 5.41) is 13.6. The second-order valence-electron chi connectivity index (χ2n) is 7.49. The zero-order valence-electron chi connectivity index (χ0n) is 17.0. The summed E-state index contributed by atoms with van der Waals surface area (Å²) in [5.41, 5.74) is 2.07. The number of hydrogen-bond donors (Lipinski definition) is 3. The molecule has 0 aliphatic carbocycles. The summed E-state index contributed by atoms with van der Waals surface area (Å²) in [6, 6.07) is 18.4. The van der Waals surface area contributed by atoms with Gasteiger partial charge in [0.1, 0.15) is 5.69 Å². The molecule has 3 aromatic rings. The largest absolute Gasteiger partial charge is 0.387 e. The number of aromatic amines is 1. The van der Waals surface area contributed by atoms with Crippen LogP contribution in [0.5, 0.6) is 0 Å². The number of carbonyl (C=O) groups excluding carboxylic acids is 3. The van der Waals surface area contributed by atoms with Gasteiger partial charge in [0.2, 0.25) is 0 Å². The fraction of sp³-hybridized carbons (Fsp3) is 0.261. The Labute approximate surface area is 179 Å². The van der Waals surface area contributed by atoms with Crippen LogP contribution in [0.1, 0.15) is 22.2 Å². The molecule has 8 nitrogen and oxygen atoms in total. The van der Waals surface area contributed by atoms with E-state index in [9.17, 15) is 19.5 Å². The third-order valence-electron chi connectivity index (χ3n) is 5.45. The summed E-state index contributed by atoms with van der Waals surface area (Å²) in [6.45, 7) is 1.20. The van der Waals surface area contributed by atoms with Gasteiger partial charge in [0, 0.05) is 43.6 Å². The fourth-order valence-corrected chi connectivity index (χ4v) is 3.67. The maximum Gasteiger partial charge on any atom is 0.312 e. The number of hydrogen-bond acceptors (Lipinski definition) is 4. The molecule has 0 saturated carbocycles. The van der Waals surface area contributed by atoms with Gasteiger partial charge < -0.3 is 25.2 Å². The number of amides is 3. The van der Waals surface area contributed by atoms with Gasteiger partial charge in [0.05, 0.1) is 6.10 Å². The van der Waals surface area contributed by atoms with Crippen molar-refractivity contribution in [1.29, 1.82) is 0 Å². The minimum absolute atomic E-state index is 0.0482. The monoisotopic (exact) mass is 420 g/mol. The number of fused-ring (bicyclic) bond motifs is 1. The normalized spacial score (nSPS) is 15.0. The van der Waals surface area contributed by atoms with Gasteiger partial charge in [-0.15, -0.1) is 0 Å². The summed E-state index contributed by atoms with van der Waals surface area (Å²) in [7, 11) is 0. The number of benzene rings is 2. The molecule has 31 heavy (non-hydrogen) atoms. The zero-order valence-corrected chi connectivity index (χ0v) is 17.0. The Bertz CT molecular complexity index is 1050. The number of carbonyl (C=O) groups is 3. The lowest BCUT2D eigenvalue weighted by Gasteiger charge is -2.34. The Kier molecular flexibility index (Phi) is 5.99. The van der Waals surface area contributed by atoms with Crippen molar-refractivity contribution in [3.05, 3.63) is 71.9 Å². The van der Waals surface area contributed by atoms with Crippen molar-refractivity contribution in [2.24, 2.45) is 0 Å². The molecule has 2 heterocycles. The predicted molar refractivity (Wildman–Crippen MR) is 115 cm³/mol. The molecule has 1 aliphatic rings. The first-order valence-corrected chi connectivity index (χ1v) is 10.2.